The van der Waals surface area contributed by atoms with Gasteiger partial charge in [0.2, 0.25) is 0 Å². The molecule has 1 atom stereocenters. The van der Waals surface area contributed by atoms with Crippen LogP contribution in [0.2, 0.25) is 5.02 Å². The van der Waals surface area contributed by atoms with Crippen LogP contribution in [0.5, 0.6) is 0 Å². The molecule has 1 aromatic carbocycles. The van der Waals surface area contributed by atoms with E-state index in [-0.39, 0.29) is 6.04 Å². The Balaban J connectivity index is 1.89. The number of rotatable bonds is 6. The van der Waals surface area contributed by atoms with Gasteiger partial charge in [0, 0.05) is 41.4 Å². The average Bonchev–Trinajstić information content (AvgIpc) is 2.80. The molecule has 0 aliphatic heterocycles. The van der Waals surface area contributed by atoms with Gasteiger partial charge < -0.3 is 0 Å². The summed E-state index contributed by atoms with van der Waals surface area (Å²) in [5, 5.41) is 5.11. The van der Waals surface area contributed by atoms with Crippen molar-refractivity contribution < 1.29 is 0 Å². The molecule has 0 fully saturated rings. The van der Waals surface area contributed by atoms with Gasteiger partial charge in [0.05, 0.1) is 5.69 Å². The van der Waals surface area contributed by atoms with Gasteiger partial charge in [-0.15, -0.1) is 11.8 Å². The zero-order valence-corrected chi connectivity index (χ0v) is 12.3. The Morgan fingerprint density at radius 3 is 2.95 bits per heavy atom. The topological polar surface area (TPSA) is 55.9 Å². The van der Waals surface area contributed by atoms with Crippen molar-refractivity contribution in [2.75, 3.05) is 5.75 Å². The van der Waals surface area contributed by atoms with E-state index in [9.17, 15) is 0 Å². The molecule has 1 aromatic heterocycles. The number of nitrogens with two attached hydrogens (primary N) is 1. The van der Waals surface area contributed by atoms with Gasteiger partial charge in [-0.3, -0.25) is 16.0 Å². The second kappa shape index (κ2) is 6.96. The largest absolute Gasteiger partial charge is 0.276 e. The van der Waals surface area contributed by atoms with Crippen molar-refractivity contribution in [3.63, 3.8) is 0 Å². The van der Waals surface area contributed by atoms with Crippen LogP contribution >= 0.6 is 23.4 Å². The molecule has 2 aromatic rings. The number of hydrazine groups is 1. The number of hydrogen-bond acceptors (Lipinski definition) is 4. The first-order valence-electron chi connectivity index (χ1n) is 6.00. The first-order chi connectivity index (χ1) is 9.17. The summed E-state index contributed by atoms with van der Waals surface area (Å²) in [4.78, 5) is 1.15. The monoisotopic (exact) mass is 296 g/mol. The molecule has 3 N–H and O–H groups in total. The molecule has 4 nitrogen and oxygen atoms in total. The van der Waals surface area contributed by atoms with Crippen LogP contribution in [0.3, 0.4) is 0 Å². The van der Waals surface area contributed by atoms with Gasteiger partial charge in [-0.1, -0.05) is 17.7 Å². The minimum atomic E-state index is 0.180. The number of benzene rings is 1. The maximum Gasteiger partial charge on any atom is 0.0640 e. The molecule has 0 amide bonds. The summed E-state index contributed by atoms with van der Waals surface area (Å²) >= 11 is 7.69. The average molecular weight is 297 g/mol. The Labute approximate surface area is 122 Å². The van der Waals surface area contributed by atoms with Crippen LogP contribution in [0.4, 0.5) is 0 Å². The molecule has 0 radical (unpaired) electrons. The number of aryl methyl sites for hydroxylation is 1. The Morgan fingerprint density at radius 1 is 1.47 bits per heavy atom. The van der Waals surface area contributed by atoms with Gasteiger partial charge in [0.25, 0.3) is 0 Å². The summed E-state index contributed by atoms with van der Waals surface area (Å²) in [6.45, 7) is 0. The van der Waals surface area contributed by atoms with E-state index >= 15 is 0 Å². The molecule has 102 valence electrons. The fourth-order valence-corrected chi connectivity index (χ4v) is 2.99. The van der Waals surface area contributed by atoms with E-state index in [2.05, 4.69) is 10.5 Å². The number of nitrogens with one attached hydrogen (secondary N) is 1. The SMILES string of the molecule is Cn1ccc(CC(CSc2cccc(Cl)c2)NN)n1. The minimum absolute atomic E-state index is 0.180. The highest BCUT2D eigenvalue weighted by molar-refractivity contribution is 7.99. The van der Waals surface area contributed by atoms with Crippen LogP contribution < -0.4 is 11.3 Å². The highest BCUT2D eigenvalue weighted by Gasteiger charge is 2.10. The molecule has 1 heterocycles. The van der Waals surface area contributed by atoms with E-state index in [4.69, 9.17) is 17.4 Å². The van der Waals surface area contributed by atoms with E-state index in [1.165, 1.54) is 0 Å². The molecule has 0 bridgehead atoms. The standard InChI is InChI=1S/C13H17ClN4S/c1-18-6-5-11(17-18)8-12(16-15)9-19-13-4-2-3-10(14)7-13/h2-7,12,16H,8-9,15H2,1H3. The number of halogens is 1. The zero-order valence-electron chi connectivity index (χ0n) is 10.7. The van der Waals surface area contributed by atoms with Gasteiger partial charge in [0.1, 0.15) is 0 Å². The van der Waals surface area contributed by atoms with Crippen LogP contribution in [0.15, 0.2) is 41.4 Å². The molecule has 0 aliphatic carbocycles. The van der Waals surface area contributed by atoms with Crippen molar-refractivity contribution in [2.24, 2.45) is 12.9 Å². The smallest absolute Gasteiger partial charge is 0.0640 e. The minimum Gasteiger partial charge on any atom is -0.276 e. The van der Waals surface area contributed by atoms with Crippen LogP contribution in [0.1, 0.15) is 5.69 Å². The normalized spacial score (nSPS) is 12.6. The fraction of sp³-hybridized carbons (Fsp3) is 0.308. The molecule has 2 rings (SSSR count). The summed E-state index contributed by atoms with van der Waals surface area (Å²) in [7, 11) is 1.91. The maximum absolute atomic E-state index is 5.96. The first kappa shape index (κ1) is 14.4. The van der Waals surface area contributed by atoms with Crippen molar-refractivity contribution in [1.29, 1.82) is 0 Å². The number of nitrogens with zero attached hydrogens (tertiary/aromatic N) is 2. The summed E-state index contributed by atoms with van der Waals surface area (Å²) in [6, 6.07) is 10.0. The summed E-state index contributed by atoms with van der Waals surface area (Å²) in [5.74, 6) is 6.47. The summed E-state index contributed by atoms with van der Waals surface area (Å²) in [5.41, 5.74) is 3.88. The molecule has 19 heavy (non-hydrogen) atoms. The van der Waals surface area contributed by atoms with Crippen molar-refractivity contribution in [2.45, 2.75) is 17.4 Å². The maximum atomic E-state index is 5.96. The number of hydrogen-bond donors (Lipinski definition) is 2. The van der Waals surface area contributed by atoms with Crippen molar-refractivity contribution in [1.82, 2.24) is 15.2 Å². The Morgan fingerprint density at radius 2 is 2.32 bits per heavy atom. The van der Waals surface area contributed by atoms with E-state index in [1.807, 2.05) is 43.6 Å². The zero-order chi connectivity index (χ0) is 13.7. The molecule has 0 saturated carbocycles. The van der Waals surface area contributed by atoms with Gasteiger partial charge in [-0.25, -0.2) is 0 Å². The Kier molecular flexibility index (Phi) is 5.27. The lowest BCUT2D eigenvalue weighted by Gasteiger charge is -2.14. The molecule has 1 unspecified atom stereocenters. The van der Waals surface area contributed by atoms with Gasteiger partial charge in [-0.2, -0.15) is 5.10 Å². The molecular formula is C13H17ClN4S. The van der Waals surface area contributed by atoms with Gasteiger partial charge in [-0.05, 0) is 24.3 Å². The molecule has 0 spiro atoms. The third-order valence-electron chi connectivity index (χ3n) is 2.71. The van der Waals surface area contributed by atoms with E-state index in [0.29, 0.717) is 0 Å². The quantitative estimate of drug-likeness (QED) is 0.488. The van der Waals surface area contributed by atoms with Crippen molar-refractivity contribution >= 4 is 23.4 Å². The third-order valence-corrected chi connectivity index (χ3v) is 4.10. The molecule has 6 heteroatoms. The predicted octanol–water partition coefficient (Wildman–Crippen LogP) is 2.24. The van der Waals surface area contributed by atoms with Crippen LogP contribution in [0, 0.1) is 0 Å². The lowest BCUT2D eigenvalue weighted by atomic mass is 10.2. The number of aromatic nitrogens is 2. The van der Waals surface area contributed by atoms with Gasteiger partial charge in [0.15, 0.2) is 0 Å². The molecular weight excluding hydrogens is 280 g/mol. The molecule has 0 aliphatic rings. The summed E-state index contributed by atoms with van der Waals surface area (Å²) in [6.07, 6.45) is 2.75. The second-order valence-electron chi connectivity index (χ2n) is 4.32. The highest BCUT2D eigenvalue weighted by atomic mass is 35.5. The molecule has 0 saturated heterocycles. The van der Waals surface area contributed by atoms with E-state index in [1.54, 1.807) is 16.4 Å². The second-order valence-corrected chi connectivity index (χ2v) is 5.85. The van der Waals surface area contributed by atoms with Crippen molar-refractivity contribution in [3.05, 3.63) is 47.2 Å². The summed E-state index contributed by atoms with van der Waals surface area (Å²) < 4.78 is 1.80. The Bertz CT molecular complexity index is 529. The highest BCUT2D eigenvalue weighted by Crippen LogP contribution is 2.22. The van der Waals surface area contributed by atoms with Crippen LogP contribution in [0.25, 0.3) is 0 Å². The first-order valence-corrected chi connectivity index (χ1v) is 7.37. The number of thioether (sulfide) groups is 1. The van der Waals surface area contributed by atoms with Crippen molar-refractivity contribution in [3.8, 4) is 0 Å². The van der Waals surface area contributed by atoms with Crippen LogP contribution in [-0.4, -0.2) is 21.6 Å². The van der Waals surface area contributed by atoms with E-state index in [0.717, 1.165) is 27.8 Å². The Hall–Kier alpha value is -1.01. The lowest BCUT2D eigenvalue weighted by Crippen LogP contribution is -2.38. The lowest BCUT2D eigenvalue weighted by molar-refractivity contribution is 0.564. The van der Waals surface area contributed by atoms with Crippen LogP contribution in [-0.2, 0) is 13.5 Å². The predicted molar refractivity (Wildman–Crippen MR) is 80.2 cm³/mol. The fourth-order valence-electron chi connectivity index (χ4n) is 1.74. The van der Waals surface area contributed by atoms with E-state index < -0.39 is 0 Å². The van der Waals surface area contributed by atoms with Gasteiger partial charge >= 0.3 is 0 Å². The third kappa shape index (κ3) is 4.54.